The number of alkyl carbamates (subject to hydrolysis) is 1. The Hall–Kier alpha value is -7.26. The van der Waals surface area contributed by atoms with Gasteiger partial charge in [-0.05, 0) is 70.0 Å². The summed E-state index contributed by atoms with van der Waals surface area (Å²) in [7, 11) is 1.26. The van der Waals surface area contributed by atoms with Gasteiger partial charge in [0.1, 0.15) is 24.2 Å². The quantitative estimate of drug-likeness (QED) is 0.0817. The van der Waals surface area contributed by atoms with Crippen LogP contribution in [0.15, 0.2) is 103 Å². The number of aromatic amines is 2. The highest BCUT2D eigenvalue weighted by atomic mass is 16.5. The lowest BCUT2D eigenvalue weighted by Gasteiger charge is -2.31. The molecule has 1 fully saturated rings. The van der Waals surface area contributed by atoms with Gasteiger partial charge in [0.2, 0.25) is 11.8 Å². The van der Waals surface area contributed by atoms with E-state index < -0.39 is 12.1 Å². The average molecular weight is 864 g/mol. The minimum Gasteiger partial charge on any atom is -0.453 e. The Balaban J connectivity index is 0.964. The van der Waals surface area contributed by atoms with Crippen molar-refractivity contribution in [3.05, 3.63) is 120 Å². The predicted octanol–water partition coefficient (Wildman–Crippen LogP) is 7.54. The van der Waals surface area contributed by atoms with Crippen molar-refractivity contribution in [3.8, 4) is 22.4 Å². The summed E-state index contributed by atoms with van der Waals surface area (Å²) in [6, 6.07) is 31.4. The topological polar surface area (TPSA) is 178 Å². The number of amides is 5. The number of aromatic nitrogens is 4. The summed E-state index contributed by atoms with van der Waals surface area (Å²) in [4.78, 5) is 73.5. The molecule has 330 valence electrons. The number of morpholine rings is 1. The Labute approximate surface area is 371 Å². The Morgan fingerprint density at radius 2 is 1.44 bits per heavy atom. The molecule has 15 heteroatoms. The fraction of sp³-hybridized carbons (Fsp3) is 0.306. The average Bonchev–Trinajstić information content (AvgIpc) is 3.99. The van der Waals surface area contributed by atoms with Gasteiger partial charge < -0.3 is 44.8 Å². The zero-order chi connectivity index (χ0) is 44.6. The lowest BCUT2D eigenvalue weighted by atomic mass is 9.97. The van der Waals surface area contributed by atoms with Gasteiger partial charge in [-0.3, -0.25) is 9.59 Å². The predicted molar refractivity (Wildman–Crippen MR) is 246 cm³/mol. The Bertz CT molecular complexity index is 2780. The van der Waals surface area contributed by atoms with E-state index >= 15 is 0 Å². The molecule has 7 aromatic rings. The molecule has 4 N–H and O–H groups in total. The third-order valence-electron chi connectivity index (χ3n) is 11.5. The normalized spacial score (nSPS) is 13.2. The second-order valence-electron chi connectivity index (χ2n) is 15.9. The first-order valence-corrected chi connectivity index (χ1v) is 21.8. The van der Waals surface area contributed by atoms with Crippen LogP contribution >= 0.6 is 0 Å². The molecule has 1 atom stereocenters. The van der Waals surface area contributed by atoms with Gasteiger partial charge in [0.05, 0.1) is 56.3 Å². The monoisotopic (exact) mass is 863 g/mol. The molecule has 2 aromatic heterocycles. The van der Waals surface area contributed by atoms with E-state index in [1.165, 1.54) is 7.11 Å². The first-order valence-electron chi connectivity index (χ1n) is 21.8. The van der Waals surface area contributed by atoms with Gasteiger partial charge in [0.15, 0.2) is 0 Å². The van der Waals surface area contributed by atoms with Gasteiger partial charge in [0, 0.05) is 37.1 Å². The lowest BCUT2D eigenvalue weighted by molar-refractivity contribution is -0.134. The van der Waals surface area contributed by atoms with Gasteiger partial charge in [-0.15, -0.1) is 0 Å². The summed E-state index contributed by atoms with van der Waals surface area (Å²) < 4.78 is 10.0. The fourth-order valence-corrected chi connectivity index (χ4v) is 8.18. The van der Waals surface area contributed by atoms with Crippen LogP contribution in [-0.2, 0) is 32.2 Å². The molecule has 0 bridgehead atoms. The third-order valence-corrected chi connectivity index (χ3v) is 11.5. The molecular weight excluding hydrogens is 811 g/mol. The number of rotatable bonds is 15. The van der Waals surface area contributed by atoms with E-state index in [9.17, 15) is 19.2 Å². The molecule has 0 radical (unpaired) electrons. The summed E-state index contributed by atoms with van der Waals surface area (Å²) in [5, 5.41) is 9.69. The maximum atomic E-state index is 14.2. The van der Waals surface area contributed by atoms with Gasteiger partial charge in [-0.2, -0.15) is 0 Å². The molecule has 5 aromatic carbocycles. The first kappa shape index (κ1) is 43.4. The van der Waals surface area contributed by atoms with Gasteiger partial charge in [0.25, 0.3) is 0 Å². The van der Waals surface area contributed by atoms with E-state index in [0.717, 1.165) is 73.4 Å². The number of fused-ring (bicyclic) bond motifs is 4. The van der Waals surface area contributed by atoms with E-state index in [2.05, 4.69) is 91.0 Å². The molecule has 0 aliphatic carbocycles. The number of carbonyl (C=O) groups excluding carboxylic acids is 4. The number of imidazole rings is 2. The molecule has 1 aliphatic rings. The lowest BCUT2D eigenvalue weighted by Crippen LogP contribution is -2.50. The van der Waals surface area contributed by atoms with E-state index in [0.29, 0.717) is 51.0 Å². The molecular formula is C49H53N9O6. The van der Waals surface area contributed by atoms with Crippen molar-refractivity contribution in [2.24, 2.45) is 0 Å². The van der Waals surface area contributed by atoms with Crippen LogP contribution in [0.2, 0.25) is 0 Å². The summed E-state index contributed by atoms with van der Waals surface area (Å²) in [5.74, 6) is 0.901. The Kier molecular flexibility index (Phi) is 13.5. The van der Waals surface area contributed by atoms with Crippen LogP contribution < -0.4 is 10.6 Å². The van der Waals surface area contributed by atoms with Crippen LogP contribution in [0.5, 0.6) is 0 Å². The van der Waals surface area contributed by atoms with Crippen molar-refractivity contribution < 1.29 is 28.7 Å². The molecule has 0 unspecified atom stereocenters. The number of H-pyrrole nitrogens is 2. The minimum atomic E-state index is -0.852. The number of nitrogens with zero attached hydrogens (tertiary/aromatic N) is 5. The van der Waals surface area contributed by atoms with Crippen LogP contribution in [0.1, 0.15) is 49.9 Å². The SMILES string of the molecule is CCCN(Cc1nc2c(ccc3cc(-c4ccc5cc(-c6cnc(CN(CCC)C(=O)[C@H](NC(=O)N7CCOCC7)c7ccccc7)[nH]6)ccc5c4)ccc32)[nH]1)C(=O)CNC(=O)OC. The summed E-state index contributed by atoms with van der Waals surface area (Å²) in [6.07, 6.45) is 2.65. The number of nitrogens with one attached hydrogen (secondary N) is 4. The zero-order valence-corrected chi connectivity index (χ0v) is 36.4. The first-order chi connectivity index (χ1) is 31.2. The van der Waals surface area contributed by atoms with E-state index in [1.54, 1.807) is 20.9 Å². The van der Waals surface area contributed by atoms with E-state index in [1.807, 2.05) is 50.2 Å². The van der Waals surface area contributed by atoms with Crippen molar-refractivity contribution in [2.75, 3.05) is 53.0 Å². The highest BCUT2D eigenvalue weighted by molar-refractivity contribution is 6.05. The number of ether oxygens (including phenoxy) is 2. The largest absolute Gasteiger partial charge is 0.453 e. The number of carbonyl (C=O) groups is 4. The fourth-order valence-electron chi connectivity index (χ4n) is 8.18. The van der Waals surface area contributed by atoms with Crippen molar-refractivity contribution in [1.29, 1.82) is 0 Å². The number of methoxy groups -OCH3 is 1. The maximum Gasteiger partial charge on any atom is 0.407 e. The molecule has 15 nitrogen and oxygen atoms in total. The van der Waals surface area contributed by atoms with Gasteiger partial charge in [-0.1, -0.05) is 86.6 Å². The van der Waals surface area contributed by atoms with Gasteiger partial charge in [-0.25, -0.2) is 19.6 Å². The van der Waals surface area contributed by atoms with Crippen molar-refractivity contribution >= 4 is 56.5 Å². The van der Waals surface area contributed by atoms with Gasteiger partial charge >= 0.3 is 12.1 Å². The molecule has 1 saturated heterocycles. The highest BCUT2D eigenvalue weighted by Crippen LogP contribution is 2.32. The molecule has 1 aliphatic heterocycles. The Morgan fingerprint density at radius 1 is 0.781 bits per heavy atom. The molecule has 5 amide bonds. The molecule has 64 heavy (non-hydrogen) atoms. The Morgan fingerprint density at radius 3 is 2.17 bits per heavy atom. The molecule has 0 saturated carbocycles. The summed E-state index contributed by atoms with van der Waals surface area (Å²) >= 11 is 0. The van der Waals surface area contributed by atoms with Crippen LogP contribution in [0.4, 0.5) is 9.59 Å². The van der Waals surface area contributed by atoms with Crippen molar-refractivity contribution in [3.63, 3.8) is 0 Å². The number of hydrogen-bond donors (Lipinski definition) is 4. The second-order valence-corrected chi connectivity index (χ2v) is 15.9. The number of hydrogen-bond acceptors (Lipinski definition) is 8. The van der Waals surface area contributed by atoms with Crippen molar-refractivity contribution in [2.45, 2.75) is 45.8 Å². The molecule has 8 rings (SSSR count). The number of benzene rings is 5. The zero-order valence-electron chi connectivity index (χ0n) is 36.4. The van der Waals surface area contributed by atoms with E-state index in [-0.39, 0.29) is 37.5 Å². The van der Waals surface area contributed by atoms with Crippen molar-refractivity contribution in [1.82, 2.24) is 45.3 Å². The standard InChI is InChI=1S/C49H53N9O6/c1-4-19-57(44(59)29-51-49(62)63-3)31-43-52-40-18-16-37-26-36(15-17-39(37)46(40)54-43)33-11-12-35-27-38(14-13-34(35)25-33)41-28-50-42(53-41)30-58(20-5-2)47(60)45(32-9-7-6-8-10-32)55-48(61)56-21-23-64-24-22-56/h6-18,25-28,45H,4-5,19-24,29-31H2,1-3H3,(H,50,53)(H,51,62)(H,52,54)(H,55,61)/t45-/m1/s1. The third kappa shape index (κ3) is 9.84. The van der Waals surface area contributed by atoms with Crippen LogP contribution in [0.25, 0.3) is 55.0 Å². The van der Waals surface area contributed by atoms with Crippen LogP contribution in [0.3, 0.4) is 0 Å². The number of urea groups is 1. The maximum absolute atomic E-state index is 14.2. The minimum absolute atomic E-state index is 0.153. The highest BCUT2D eigenvalue weighted by Gasteiger charge is 2.30. The summed E-state index contributed by atoms with van der Waals surface area (Å²) in [6.45, 7) is 7.33. The van der Waals surface area contributed by atoms with Crippen LogP contribution in [0, 0.1) is 0 Å². The smallest absolute Gasteiger partial charge is 0.407 e. The van der Waals surface area contributed by atoms with Crippen LogP contribution in [-0.4, -0.2) is 112 Å². The van der Waals surface area contributed by atoms with E-state index in [4.69, 9.17) is 9.72 Å². The second kappa shape index (κ2) is 19.8. The summed E-state index contributed by atoms with van der Waals surface area (Å²) in [5.41, 5.74) is 6.40. The molecule has 0 spiro atoms. The molecule has 3 heterocycles.